The van der Waals surface area contributed by atoms with Crippen LogP contribution in [0.2, 0.25) is 0 Å². The molecule has 2 rings (SSSR count). The van der Waals surface area contributed by atoms with Crippen LogP contribution in [0.25, 0.3) is 5.57 Å². The van der Waals surface area contributed by atoms with Gasteiger partial charge in [-0.25, -0.2) is 13.6 Å². The SMILES string of the molecule is CCOC(=O)C1=C(c2ccc(F)c(F)c2C)[C@H](OC)[C@](C)(C(F)(F)F)O1. The number of hydrogen-bond acceptors (Lipinski definition) is 4. The van der Waals surface area contributed by atoms with E-state index in [0.717, 1.165) is 19.2 Å². The maximum Gasteiger partial charge on any atom is 0.430 e. The molecule has 1 aromatic rings. The van der Waals surface area contributed by atoms with E-state index < -0.39 is 41.2 Å². The quantitative estimate of drug-likeness (QED) is 0.587. The molecule has 0 spiro atoms. The molecule has 0 N–H and O–H groups in total. The molecule has 0 unspecified atom stereocenters. The number of methoxy groups -OCH3 is 1. The number of rotatable bonds is 4. The first-order valence-corrected chi connectivity index (χ1v) is 7.64. The van der Waals surface area contributed by atoms with Crippen LogP contribution < -0.4 is 0 Å². The number of hydrogen-bond donors (Lipinski definition) is 0. The summed E-state index contributed by atoms with van der Waals surface area (Å²) < 4.78 is 82.9. The van der Waals surface area contributed by atoms with Gasteiger partial charge in [0.05, 0.1) is 6.61 Å². The van der Waals surface area contributed by atoms with E-state index >= 15 is 0 Å². The molecule has 1 heterocycles. The predicted molar refractivity (Wildman–Crippen MR) is 81.0 cm³/mol. The summed E-state index contributed by atoms with van der Waals surface area (Å²) in [6.45, 7) is 3.24. The Hall–Kier alpha value is -2.16. The lowest BCUT2D eigenvalue weighted by Crippen LogP contribution is -2.52. The minimum absolute atomic E-state index is 0.115. The van der Waals surface area contributed by atoms with Crippen molar-refractivity contribution in [2.45, 2.75) is 38.7 Å². The molecule has 0 fully saturated rings. The Morgan fingerprint density at radius 2 is 1.92 bits per heavy atom. The highest BCUT2D eigenvalue weighted by molar-refractivity contribution is 5.98. The first-order chi connectivity index (χ1) is 12.0. The molecule has 9 heteroatoms. The average molecular weight is 380 g/mol. The second kappa shape index (κ2) is 6.86. The number of alkyl halides is 3. The fourth-order valence-electron chi connectivity index (χ4n) is 2.82. The number of esters is 1. The molecule has 0 aromatic heterocycles. The Morgan fingerprint density at radius 3 is 2.42 bits per heavy atom. The van der Waals surface area contributed by atoms with Crippen LogP contribution in [0.5, 0.6) is 0 Å². The van der Waals surface area contributed by atoms with Gasteiger partial charge in [0.1, 0.15) is 6.10 Å². The Balaban J connectivity index is 2.75. The van der Waals surface area contributed by atoms with Crippen LogP contribution in [0, 0.1) is 18.6 Å². The predicted octanol–water partition coefficient (Wildman–Crippen LogP) is 3.91. The Bertz CT molecular complexity index is 756. The van der Waals surface area contributed by atoms with Gasteiger partial charge in [0.25, 0.3) is 0 Å². The normalized spacial score (nSPS) is 23.2. The fraction of sp³-hybridized carbons (Fsp3) is 0.471. The van der Waals surface area contributed by atoms with E-state index in [9.17, 15) is 26.7 Å². The van der Waals surface area contributed by atoms with E-state index in [-0.39, 0.29) is 23.3 Å². The lowest BCUT2D eigenvalue weighted by Gasteiger charge is -2.33. The van der Waals surface area contributed by atoms with Crippen molar-refractivity contribution in [2.75, 3.05) is 13.7 Å². The van der Waals surface area contributed by atoms with Crippen molar-refractivity contribution in [2.24, 2.45) is 0 Å². The van der Waals surface area contributed by atoms with Gasteiger partial charge in [-0.3, -0.25) is 0 Å². The van der Waals surface area contributed by atoms with Gasteiger partial charge in [0, 0.05) is 12.7 Å². The molecule has 0 aliphatic carbocycles. The van der Waals surface area contributed by atoms with Gasteiger partial charge in [-0.2, -0.15) is 13.2 Å². The number of carbonyl (C=O) groups excluding carboxylic acids is 1. The third-order valence-electron chi connectivity index (χ3n) is 4.21. The summed E-state index contributed by atoms with van der Waals surface area (Å²) >= 11 is 0. The zero-order chi connectivity index (χ0) is 19.9. The van der Waals surface area contributed by atoms with Crippen LogP contribution in [0.3, 0.4) is 0 Å². The molecule has 1 aliphatic heterocycles. The second-order valence-electron chi connectivity index (χ2n) is 5.82. The van der Waals surface area contributed by atoms with Crippen molar-refractivity contribution in [3.05, 3.63) is 40.7 Å². The highest BCUT2D eigenvalue weighted by atomic mass is 19.4. The molecule has 0 saturated carbocycles. The highest BCUT2D eigenvalue weighted by Crippen LogP contribution is 2.50. The molecule has 0 amide bonds. The van der Waals surface area contributed by atoms with Crippen molar-refractivity contribution in [1.82, 2.24) is 0 Å². The van der Waals surface area contributed by atoms with Gasteiger partial charge in [-0.05, 0) is 38.0 Å². The molecule has 1 aromatic carbocycles. The molecule has 2 atom stereocenters. The molecule has 26 heavy (non-hydrogen) atoms. The van der Waals surface area contributed by atoms with Crippen LogP contribution in [0.1, 0.15) is 25.0 Å². The molecule has 0 bridgehead atoms. The van der Waals surface area contributed by atoms with Crippen molar-refractivity contribution in [3.8, 4) is 0 Å². The fourth-order valence-corrected chi connectivity index (χ4v) is 2.82. The maximum absolute atomic E-state index is 14.0. The molecule has 4 nitrogen and oxygen atoms in total. The molecule has 0 saturated heterocycles. The number of benzene rings is 1. The van der Waals surface area contributed by atoms with E-state index in [0.29, 0.717) is 6.92 Å². The van der Waals surface area contributed by atoms with Crippen LogP contribution in [-0.2, 0) is 19.0 Å². The van der Waals surface area contributed by atoms with E-state index in [1.165, 1.54) is 13.8 Å². The summed E-state index contributed by atoms with van der Waals surface area (Å²) in [5.41, 5.74) is -3.66. The maximum atomic E-state index is 14.0. The van der Waals surface area contributed by atoms with Crippen molar-refractivity contribution in [3.63, 3.8) is 0 Å². The number of carbonyl (C=O) groups is 1. The van der Waals surface area contributed by atoms with E-state index in [4.69, 9.17) is 14.2 Å². The third kappa shape index (κ3) is 3.04. The summed E-state index contributed by atoms with van der Waals surface area (Å²) in [5.74, 6) is -4.31. The summed E-state index contributed by atoms with van der Waals surface area (Å²) in [7, 11) is 1.00. The largest absolute Gasteiger partial charge is 0.467 e. The van der Waals surface area contributed by atoms with Gasteiger partial charge >= 0.3 is 12.1 Å². The van der Waals surface area contributed by atoms with Crippen LogP contribution in [0.4, 0.5) is 22.0 Å². The van der Waals surface area contributed by atoms with E-state index in [1.807, 2.05) is 0 Å². The van der Waals surface area contributed by atoms with Crippen LogP contribution in [0.15, 0.2) is 17.9 Å². The van der Waals surface area contributed by atoms with Crippen molar-refractivity contribution >= 4 is 11.5 Å². The van der Waals surface area contributed by atoms with Gasteiger partial charge in [0.15, 0.2) is 11.6 Å². The van der Waals surface area contributed by atoms with Crippen LogP contribution in [-0.4, -0.2) is 37.6 Å². The standard InChI is InChI=1S/C17H17F5O4/c1-5-25-15(23)13-11(9-6-7-10(18)12(19)8(9)2)14(24-4)16(3,26-13)17(20,21)22/h6-7,14H,5H2,1-4H3/t14-,16+/m0/s1. The minimum atomic E-state index is -4.92. The van der Waals surface area contributed by atoms with Crippen LogP contribution >= 0.6 is 0 Å². The molecule has 144 valence electrons. The van der Waals surface area contributed by atoms with Gasteiger partial charge < -0.3 is 14.2 Å². The van der Waals surface area contributed by atoms with E-state index in [2.05, 4.69) is 0 Å². The lowest BCUT2D eigenvalue weighted by atomic mass is 9.87. The molecule has 0 radical (unpaired) electrons. The minimum Gasteiger partial charge on any atom is -0.467 e. The van der Waals surface area contributed by atoms with Gasteiger partial charge in [-0.1, -0.05) is 6.07 Å². The summed E-state index contributed by atoms with van der Waals surface area (Å²) in [6, 6.07) is 1.82. The topological polar surface area (TPSA) is 44.8 Å². The highest BCUT2D eigenvalue weighted by Gasteiger charge is 2.65. The lowest BCUT2D eigenvalue weighted by molar-refractivity contribution is -0.274. The zero-order valence-corrected chi connectivity index (χ0v) is 14.5. The second-order valence-corrected chi connectivity index (χ2v) is 5.82. The van der Waals surface area contributed by atoms with Crippen molar-refractivity contribution in [1.29, 1.82) is 0 Å². The number of ether oxygens (including phenoxy) is 3. The molecule has 1 aliphatic rings. The smallest absolute Gasteiger partial charge is 0.430 e. The average Bonchev–Trinajstić information content (AvgIpc) is 2.87. The Labute approximate surface area is 146 Å². The van der Waals surface area contributed by atoms with Crippen molar-refractivity contribution < 1.29 is 41.0 Å². The first-order valence-electron chi connectivity index (χ1n) is 7.64. The Kier molecular flexibility index (Phi) is 5.32. The van der Waals surface area contributed by atoms with Gasteiger partial charge in [0.2, 0.25) is 11.4 Å². The first kappa shape index (κ1) is 20.2. The summed E-state index contributed by atoms with van der Waals surface area (Å²) in [5, 5.41) is 0. The number of halogens is 5. The molecular weight excluding hydrogens is 363 g/mol. The van der Waals surface area contributed by atoms with Gasteiger partial charge in [-0.15, -0.1) is 0 Å². The van der Waals surface area contributed by atoms with E-state index in [1.54, 1.807) is 0 Å². The molecular formula is C17H17F5O4. The monoisotopic (exact) mass is 380 g/mol. The Morgan fingerprint density at radius 1 is 1.31 bits per heavy atom. The third-order valence-corrected chi connectivity index (χ3v) is 4.21. The zero-order valence-electron chi connectivity index (χ0n) is 14.5. The summed E-state index contributed by atoms with van der Waals surface area (Å²) in [6.07, 6.45) is -6.70. The summed E-state index contributed by atoms with van der Waals surface area (Å²) in [4.78, 5) is 12.2.